The monoisotopic (exact) mass is 357 g/mol. The quantitative estimate of drug-likeness (QED) is 0.685. The lowest BCUT2D eigenvalue weighted by Gasteiger charge is -2.09. The van der Waals surface area contributed by atoms with E-state index < -0.39 is 0 Å². The van der Waals surface area contributed by atoms with Gasteiger partial charge in [0.15, 0.2) is 16.3 Å². The summed E-state index contributed by atoms with van der Waals surface area (Å²) < 4.78 is 1.83. The van der Waals surface area contributed by atoms with Gasteiger partial charge in [-0.25, -0.2) is 9.97 Å². The number of fused-ring (bicyclic) bond motifs is 1. The summed E-state index contributed by atoms with van der Waals surface area (Å²) in [5.74, 6) is 0.0875. The summed E-state index contributed by atoms with van der Waals surface area (Å²) in [4.78, 5) is 35.2. The fraction of sp³-hybridized carbons (Fsp3) is 0.294. The van der Waals surface area contributed by atoms with Crippen molar-refractivity contribution in [2.75, 3.05) is 11.1 Å². The van der Waals surface area contributed by atoms with Crippen LogP contribution < -0.4 is 10.9 Å². The maximum absolute atomic E-state index is 12.3. The molecule has 0 aliphatic rings. The molecule has 0 radical (unpaired) electrons. The maximum atomic E-state index is 12.3. The van der Waals surface area contributed by atoms with E-state index >= 15 is 0 Å². The fourth-order valence-electron chi connectivity index (χ4n) is 2.51. The Bertz CT molecular complexity index is 992. The van der Waals surface area contributed by atoms with Crippen molar-refractivity contribution in [1.82, 2.24) is 19.5 Å². The molecule has 2 aromatic heterocycles. The second kappa shape index (κ2) is 7.10. The zero-order chi connectivity index (χ0) is 18.0. The minimum absolute atomic E-state index is 0.115. The van der Waals surface area contributed by atoms with Gasteiger partial charge in [-0.2, -0.15) is 0 Å². The highest BCUT2D eigenvalue weighted by molar-refractivity contribution is 7.99. The highest BCUT2D eigenvalue weighted by Gasteiger charge is 2.15. The van der Waals surface area contributed by atoms with E-state index in [1.807, 2.05) is 43.5 Å². The van der Waals surface area contributed by atoms with Crippen LogP contribution in [0.2, 0.25) is 0 Å². The molecule has 0 bridgehead atoms. The Morgan fingerprint density at radius 2 is 2.16 bits per heavy atom. The number of carbonyl (C=O) groups excluding carboxylic acids is 1. The highest BCUT2D eigenvalue weighted by Crippen LogP contribution is 2.22. The average molecular weight is 357 g/mol. The topological polar surface area (TPSA) is 92.7 Å². The summed E-state index contributed by atoms with van der Waals surface area (Å²) in [7, 11) is 0. The molecule has 130 valence electrons. The number of aryl methyl sites for hydroxylation is 3. The van der Waals surface area contributed by atoms with Crippen molar-refractivity contribution < 1.29 is 4.79 Å². The van der Waals surface area contributed by atoms with E-state index in [1.54, 1.807) is 0 Å². The first-order valence-electron chi connectivity index (χ1n) is 7.93. The number of rotatable bonds is 5. The summed E-state index contributed by atoms with van der Waals surface area (Å²) >= 11 is 1.29. The number of imidazole rings is 1. The van der Waals surface area contributed by atoms with Gasteiger partial charge in [0.05, 0.1) is 12.1 Å². The van der Waals surface area contributed by atoms with Gasteiger partial charge in [-0.05, 0) is 38.0 Å². The summed E-state index contributed by atoms with van der Waals surface area (Å²) in [5, 5.41) is 3.53. The molecule has 3 rings (SSSR count). The number of aromatic nitrogens is 4. The summed E-state index contributed by atoms with van der Waals surface area (Å²) in [6.07, 6.45) is 1.36. The smallest absolute Gasteiger partial charge is 0.278 e. The van der Waals surface area contributed by atoms with E-state index in [4.69, 9.17) is 0 Å². The average Bonchev–Trinajstić information content (AvgIpc) is 2.95. The second-order valence-corrected chi connectivity index (χ2v) is 6.64. The number of hydrogen-bond donors (Lipinski definition) is 2. The third kappa shape index (κ3) is 3.58. The lowest BCUT2D eigenvalue weighted by molar-refractivity contribution is -0.113. The first-order valence-corrected chi connectivity index (χ1v) is 8.92. The van der Waals surface area contributed by atoms with Gasteiger partial charge in [-0.15, -0.1) is 0 Å². The van der Waals surface area contributed by atoms with Crippen LogP contribution in [-0.2, 0) is 11.3 Å². The third-order valence-corrected chi connectivity index (χ3v) is 4.80. The van der Waals surface area contributed by atoms with Crippen LogP contribution in [0.3, 0.4) is 0 Å². The van der Waals surface area contributed by atoms with Crippen molar-refractivity contribution in [2.24, 2.45) is 0 Å². The van der Waals surface area contributed by atoms with Crippen LogP contribution in [0.4, 0.5) is 5.69 Å². The van der Waals surface area contributed by atoms with Crippen LogP contribution in [0, 0.1) is 13.8 Å². The number of hydrogen-bond acceptors (Lipinski definition) is 5. The lowest BCUT2D eigenvalue weighted by Crippen LogP contribution is -2.15. The van der Waals surface area contributed by atoms with Crippen molar-refractivity contribution in [3.05, 3.63) is 46.0 Å². The highest BCUT2D eigenvalue weighted by atomic mass is 32.2. The van der Waals surface area contributed by atoms with E-state index in [9.17, 15) is 9.59 Å². The van der Waals surface area contributed by atoms with Crippen LogP contribution in [0.25, 0.3) is 11.2 Å². The number of benzene rings is 1. The Morgan fingerprint density at radius 1 is 1.36 bits per heavy atom. The minimum atomic E-state index is -0.279. The number of aromatic amines is 1. The SMILES string of the molecule is CCn1c(SCC(=O)Nc2cc(C)ccc2C)nc2c(=O)[nH]cnc21. The molecule has 0 saturated carbocycles. The van der Waals surface area contributed by atoms with Crippen LogP contribution in [0.1, 0.15) is 18.1 Å². The molecule has 2 heterocycles. The predicted molar refractivity (Wildman–Crippen MR) is 99.1 cm³/mol. The fourth-order valence-corrected chi connectivity index (χ4v) is 3.37. The molecule has 0 aliphatic carbocycles. The van der Waals surface area contributed by atoms with Gasteiger partial charge in [-0.1, -0.05) is 23.9 Å². The first kappa shape index (κ1) is 17.2. The number of nitrogens with one attached hydrogen (secondary N) is 2. The summed E-state index contributed by atoms with van der Waals surface area (Å²) in [6.45, 7) is 6.51. The molecule has 0 unspecified atom stereocenters. The van der Waals surface area contributed by atoms with Gasteiger partial charge in [0.25, 0.3) is 5.56 Å². The largest absolute Gasteiger partial charge is 0.325 e. The predicted octanol–water partition coefficient (Wildman–Crippen LogP) is 2.49. The number of H-pyrrole nitrogens is 1. The molecule has 1 aromatic carbocycles. The van der Waals surface area contributed by atoms with Gasteiger partial charge in [0, 0.05) is 12.2 Å². The summed E-state index contributed by atoms with van der Waals surface area (Å²) in [6, 6.07) is 5.93. The van der Waals surface area contributed by atoms with Crippen LogP contribution in [-0.4, -0.2) is 31.2 Å². The van der Waals surface area contributed by atoms with E-state index in [0.29, 0.717) is 22.9 Å². The molecule has 0 spiro atoms. The first-order chi connectivity index (χ1) is 12.0. The Morgan fingerprint density at radius 3 is 2.92 bits per heavy atom. The lowest BCUT2D eigenvalue weighted by atomic mass is 10.1. The molecule has 3 aromatic rings. The molecule has 8 heteroatoms. The summed E-state index contributed by atoms with van der Waals surface area (Å²) in [5.41, 5.74) is 3.46. The molecule has 0 atom stereocenters. The van der Waals surface area contributed by atoms with Gasteiger partial charge >= 0.3 is 0 Å². The minimum Gasteiger partial charge on any atom is -0.325 e. The Kier molecular flexibility index (Phi) is 4.89. The molecular weight excluding hydrogens is 338 g/mol. The van der Waals surface area contributed by atoms with Gasteiger partial charge in [0.2, 0.25) is 5.91 Å². The van der Waals surface area contributed by atoms with Crippen LogP contribution in [0.5, 0.6) is 0 Å². The van der Waals surface area contributed by atoms with Crippen molar-refractivity contribution in [2.45, 2.75) is 32.5 Å². The van der Waals surface area contributed by atoms with E-state index in [0.717, 1.165) is 16.8 Å². The van der Waals surface area contributed by atoms with Crippen molar-refractivity contribution >= 4 is 34.5 Å². The number of thioether (sulfide) groups is 1. The number of nitrogens with zero attached hydrogens (tertiary/aromatic N) is 3. The Balaban J connectivity index is 1.76. The second-order valence-electron chi connectivity index (χ2n) is 5.70. The molecule has 7 nitrogen and oxygen atoms in total. The number of amides is 1. The molecular formula is C17H19N5O2S. The zero-order valence-electron chi connectivity index (χ0n) is 14.3. The van der Waals surface area contributed by atoms with Crippen molar-refractivity contribution in [3.63, 3.8) is 0 Å². The molecule has 25 heavy (non-hydrogen) atoms. The van der Waals surface area contributed by atoms with Gasteiger partial charge in [-0.3, -0.25) is 9.59 Å². The maximum Gasteiger partial charge on any atom is 0.278 e. The van der Waals surface area contributed by atoms with E-state index in [2.05, 4.69) is 20.3 Å². The Labute approximate surface area is 148 Å². The molecule has 0 fully saturated rings. The Hall–Kier alpha value is -2.61. The van der Waals surface area contributed by atoms with Crippen molar-refractivity contribution in [1.29, 1.82) is 0 Å². The van der Waals surface area contributed by atoms with E-state index in [1.165, 1.54) is 18.1 Å². The molecule has 1 amide bonds. The van der Waals surface area contributed by atoms with Crippen molar-refractivity contribution in [3.8, 4) is 0 Å². The normalized spacial score (nSPS) is 11.0. The number of carbonyl (C=O) groups is 1. The molecule has 0 saturated heterocycles. The van der Waals surface area contributed by atoms with Crippen LogP contribution in [0.15, 0.2) is 34.5 Å². The molecule has 0 aliphatic heterocycles. The van der Waals surface area contributed by atoms with Gasteiger partial charge < -0.3 is 14.9 Å². The number of anilines is 1. The van der Waals surface area contributed by atoms with E-state index in [-0.39, 0.29) is 17.2 Å². The standard InChI is InChI=1S/C17H19N5O2S/c1-4-22-15-14(16(24)19-9-18-15)21-17(22)25-8-13(23)20-12-7-10(2)5-6-11(12)3/h5-7,9H,4,8H2,1-3H3,(H,20,23)(H,18,19,24). The molecule has 2 N–H and O–H groups in total. The van der Waals surface area contributed by atoms with Crippen LogP contribution >= 0.6 is 11.8 Å². The third-order valence-electron chi connectivity index (χ3n) is 3.82. The zero-order valence-corrected chi connectivity index (χ0v) is 15.1. The van der Waals surface area contributed by atoms with Gasteiger partial charge in [0.1, 0.15) is 0 Å².